The molecule has 21 heavy (non-hydrogen) atoms. The molecule has 2 aromatic rings. The first-order chi connectivity index (χ1) is 9.88. The Kier molecular flexibility index (Phi) is 4.43. The Morgan fingerprint density at radius 2 is 1.57 bits per heavy atom. The van der Waals surface area contributed by atoms with Crippen molar-refractivity contribution < 1.29 is 4.79 Å². The predicted octanol–water partition coefficient (Wildman–Crippen LogP) is 3.62. The van der Waals surface area contributed by atoms with Crippen molar-refractivity contribution in [2.75, 3.05) is 5.32 Å². The molecule has 110 valence electrons. The number of nitrogens with one attached hydrogen (secondary N) is 1. The fourth-order valence-corrected chi connectivity index (χ4v) is 2.09. The van der Waals surface area contributed by atoms with Crippen LogP contribution in [0, 0.1) is 0 Å². The Balaban J connectivity index is 2.06. The molecule has 0 spiro atoms. The molecule has 1 amide bonds. The van der Waals surface area contributed by atoms with Crippen LogP contribution in [0.4, 0.5) is 5.69 Å². The molecule has 0 bridgehead atoms. The topological polar surface area (TPSA) is 55.1 Å². The molecule has 0 aliphatic rings. The predicted molar refractivity (Wildman–Crippen MR) is 87.1 cm³/mol. The number of rotatable bonds is 3. The van der Waals surface area contributed by atoms with Crippen LogP contribution in [0.25, 0.3) is 0 Å². The van der Waals surface area contributed by atoms with Gasteiger partial charge in [0.1, 0.15) is 6.04 Å². The number of amides is 1. The van der Waals surface area contributed by atoms with E-state index in [1.54, 1.807) is 0 Å². The van der Waals surface area contributed by atoms with E-state index in [0.717, 1.165) is 11.3 Å². The van der Waals surface area contributed by atoms with Crippen LogP contribution in [0.2, 0.25) is 0 Å². The van der Waals surface area contributed by atoms with Crippen LogP contribution in [0.3, 0.4) is 0 Å². The van der Waals surface area contributed by atoms with Crippen molar-refractivity contribution >= 4 is 11.6 Å². The van der Waals surface area contributed by atoms with Gasteiger partial charge in [0, 0.05) is 5.69 Å². The lowest BCUT2D eigenvalue weighted by Gasteiger charge is -2.19. The highest BCUT2D eigenvalue weighted by atomic mass is 16.2. The van der Waals surface area contributed by atoms with Gasteiger partial charge in [-0.25, -0.2) is 0 Å². The highest BCUT2D eigenvalue weighted by Crippen LogP contribution is 2.23. The van der Waals surface area contributed by atoms with Crippen molar-refractivity contribution in [3.8, 4) is 0 Å². The molecule has 0 aliphatic carbocycles. The van der Waals surface area contributed by atoms with E-state index in [-0.39, 0.29) is 11.3 Å². The molecule has 0 fully saturated rings. The number of anilines is 1. The van der Waals surface area contributed by atoms with Crippen molar-refractivity contribution in [1.82, 2.24) is 0 Å². The molecule has 0 saturated heterocycles. The molecule has 0 saturated carbocycles. The largest absolute Gasteiger partial charge is 0.324 e. The second-order valence-electron chi connectivity index (χ2n) is 6.20. The van der Waals surface area contributed by atoms with E-state index in [1.165, 1.54) is 5.56 Å². The van der Waals surface area contributed by atoms with Crippen LogP contribution < -0.4 is 11.1 Å². The van der Waals surface area contributed by atoms with Crippen molar-refractivity contribution in [3.63, 3.8) is 0 Å². The molecule has 2 aromatic carbocycles. The first-order valence-electron chi connectivity index (χ1n) is 7.10. The third-order valence-corrected chi connectivity index (χ3v) is 3.46. The van der Waals surface area contributed by atoms with Gasteiger partial charge in [-0.05, 0) is 28.7 Å². The third kappa shape index (κ3) is 3.92. The van der Waals surface area contributed by atoms with E-state index in [2.05, 4.69) is 26.1 Å². The second-order valence-corrected chi connectivity index (χ2v) is 6.20. The maximum Gasteiger partial charge on any atom is 0.245 e. The van der Waals surface area contributed by atoms with Crippen LogP contribution >= 0.6 is 0 Å². The van der Waals surface area contributed by atoms with Crippen LogP contribution in [0.5, 0.6) is 0 Å². The lowest BCUT2D eigenvalue weighted by Crippen LogP contribution is -2.27. The third-order valence-electron chi connectivity index (χ3n) is 3.46. The molecule has 1 atom stereocenters. The number of carbonyl (C=O) groups is 1. The van der Waals surface area contributed by atoms with Crippen LogP contribution in [-0.4, -0.2) is 5.91 Å². The van der Waals surface area contributed by atoms with Gasteiger partial charge >= 0.3 is 0 Å². The zero-order valence-corrected chi connectivity index (χ0v) is 12.8. The highest BCUT2D eigenvalue weighted by molar-refractivity contribution is 5.95. The van der Waals surface area contributed by atoms with Gasteiger partial charge in [-0.2, -0.15) is 0 Å². The molecular formula is C18H22N2O. The van der Waals surface area contributed by atoms with Crippen LogP contribution in [-0.2, 0) is 10.2 Å². The van der Waals surface area contributed by atoms with Crippen LogP contribution in [0.15, 0.2) is 54.6 Å². The summed E-state index contributed by atoms with van der Waals surface area (Å²) in [6, 6.07) is 16.6. The van der Waals surface area contributed by atoms with Gasteiger partial charge in [0.25, 0.3) is 0 Å². The van der Waals surface area contributed by atoms with Crippen LogP contribution in [0.1, 0.15) is 37.9 Å². The summed E-state index contributed by atoms with van der Waals surface area (Å²) in [6.07, 6.45) is 0. The first kappa shape index (κ1) is 15.3. The van der Waals surface area contributed by atoms with Crippen molar-refractivity contribution in [2.45, 2.75) is 32.2 Å². The zero-order chi connectivity index (χ0) is 15.5. The lowest BCUT2D eigenvalue weighted by molar-refractivity contribution is -0.117. The van der Waals surface area contributed by atoms with E-state index >= 15 is 0 Å². The van der Waals surface area contributed by atoms with Gasteiger partial charge in [0.2, 0.25) is 5.91 Å². The molecule has 0 aromatic heterocycles. The minimum atomic E-state index is -0.659. The molecule has 0 radical (unpaired) electrons. The lowest BCUT2D eigenvalue weighted by atomic mass is 9.87. The summed E-state index contributed by atoms with van der Waals surface area (Å²) >= 11 is 0. The summed E-state index contributed by atoms with van der Waals surface area (Å²) < 4.78 is 0. The number of hydrogen-bond donors (Lipinski definition) is 2. The van der Waals surface area contributed by atoms with Crippen molar-refractivity contribution in [1.29, 1.82) is 0 Å². The summed E-state index contributed by atoms with van der Waals surface area (Å²) in [5.74, 6) is -0.204. The van der Waals surface area contributed by atoms with E-state index in [4.69, 9.17) is 5.73 Å². The maximum atomic E-state index is 12.2. The number of hydrogen-bond acceptors (Lipinski definition) is 2. The molecule has 0 heterocycles. The molecule has 3 heteroatoms. The fourth-order valence-electron chi connectivity index (χ4n) is 2.09. The standard InChI is InChI=1S/C18H22N2O/c1-18(2,3)14-9-11-15(12-10-14)20-17(21)16(19)13-7-5-4-6-8-13/h4-12,16H,19H2,1-3H3,(H,20,21)/t16-/m0/s1. The SMILES string of the molecule is CC(C)(C)c1ccc(NC(=O)[C@@H](N)c2ccccc2)cc1. The molecule has 3 N–H and O–H groups in total. The average Bonchev–Trinajstić information content (AvgIpc) is 2.47. The summed E-state index contributed by atoms with van der Waals surface area (Å²) in [5.41, 5.74) is 8.87. The number of carbonyl (C=O) groups excluding carboxylic acids is 1. The first-order valence-corrected chi connectivity index (χ1v) is 7.10. The van der Waals surface area contributed by atoms with Gasteiger partial charge < -0.3 is 11.1 Å². The van der Waals surface area contributed by atoms with Gasteiger partial charge in [0.05, 0.1) is 0 Å². The van der Waals surface area contributed by atoms with E-state index < -0.39 is 6.04 Å². The summed E-state index contributed by atoms with van der Waals surface area (Å²) in [6.45, 7) is 6.48. The number of nitrogens with two attached hydrogens (primary N) is 1. The van der Waals surface area contributed by atoms with E-state index in [1.807, 2.05) is 54.6 Å². The quantitative estimate of drug-likeness (QED) is 0.903. The van der Waals surface area contributed by atoms with Crippen molar-refractivity contribution in [2.24, 2.45) is 5.73 Å². The number of benzene rings is 2. The monoisotopic (exact) mass is 282 g/mol. The molecular weight excluding hydrogens is 260 g/mol. The minimum Gasteiger partial charge on any atom is -0.324 e. The Morgan fingerprint density at radius 3 is 2.10 bits per heavy atom. The highest BCUT2D eigenvalue weighted by Gasteiger charge is 2.16. The molecule has 3 nitrogen and oxygen atoms in total. The van der Waals surface area contributed by atoms with Gasteiger partial charge in [-0.1, -0.05) is 63.2 Å². The van der Waals surface area contributed by atoms with Gasteiger partial charge in [-0.3, -0.25) is 4.79 Å². The average molecular weight is 282 g/mol. The van der Waals surface area contributed by atoms with E-state index in [0.29, 0.717) is 0 Å². The summed E-state index contributed by atoms with van der Waals surface area (Å²) in [7, 11) is 0. The van der Waals surface area contributed by atoms with Gasteiger partial charge in [0.15, 0.2) is 0 Å². The minimum absolute atomic E-state index is 0.100. The Hall–Kier alpha value is -2.13. The van der Waals surface area contributed by atoms with Crippen molar-refractivity contribution in [3.05, 3.63) is 65.7 Å². The molecule has 2 rings (SSSR count). The fraction of sp³-hybridized carbons (Fsp3) is 0.278. The smallest absolute Gasteiger partial charge is 0.245 e. The molecule has 0 aliphatic heterocycles. The Bertz CT molecular complexity index is 597. The van der Waals surface area contributed by atoms with Gasteiger partial charge in [-0.15, -0.1) is 0 Å². The normalized spacial score (nSPS) is 12.8. The summed E-state index contributed by atoms with van der Waals surface area (Å²) in [5, 5.41) is 2.85. The van der Waals surface area contributed by atoms with E-state index in [9.17, 15) is 4.79 Å². The Labute approximate surface area is 126 Å². The maximum absolute atomic E-state index is 12.2. The molecule has 0 unspecified atom stereocenters. The summed E-state index contributed by atoms with van der Waals surface area (Å²) in [4.78, 5) is 12.2. The Morgan fingerprint density at radius 1 is 1.00 bits per heavy atom. The second kappa shape index (κ2) is 6.10. The zero-order valence-electron chi connectivity index (χ0n) is 12.8.